The van der Waals surface area contributed by atoms with Gasteiger partial charge in [0, 0.05) is 37.7 Å². The van der Waals surface area contributed by atoms with Crippen LogP contribution in [0.2, 0.25) is 0 Å². The molecule has 0 aromatic heterocycles. The van der Waals surface area contributed by atoms with E-state index in [1.165, 1.54) is 19.3 Å². The normalized spacial score (nSPS) is 21.5. The Morgan fingerprint density at radius 2 is 1.57 bits per heavy atom. The van der Waals surface area contributed by atoms with E-state index in [4.69, 9.17) is 0 Å². The molecule has 2 fully saturated rings. The van der Waals surface area contributed by atoms with Crippen LogP contribution in [0.4, 0.5) is 0 Å². The molecule has 1 aliphatic carbocycles. The number of piperazine rings is 1. The molecule has 0 aromatic carbocycles. The highest BCUT2D eigenvalue weighted by Crippen LogP contribution is 2.25. The van der Waals surface area contributed by atoms with Crippen molar-refractivity contribution in [2.24, 2.45) is 5.92 Å². The molecule has 0 aromatic rings. The molecule has 0 atom stereocenters. The monoisotopic (exact) mass is 292 g/mol. The summed E-state index contributed by atoms with van der Waals surface area (Å²) in [5, 5.41) is 0. The first-order chi connectivity index (χ1) is 10.1. The van der Waals surface area contributed by atoms with Crippen molar-refractivity contribution in [3.8, 4) is 0 Å². The fourth-order valence-electron chi connectivity index (χ4n) is 3.38. The fraction of sp³-hybridized carbons (Fsp3) is 0.765. The second kappa shape index (κ2) is 7.62. The number of nitrogens with zero attached hydrogens (tertiary/aromatic N) is 2. The first-order valence-corrected chi connectivity index (χ1v) is 8.38. The van der Waals surface area contributed by atoms with Crippen molar-refractivity contribution in [2.75, 3.05) is 26.2 Å². The van der Waals surface area contributed by atoms with Crippen molar-refractivity contribution in [3.05, 3.63) is 11.6 Å². The summed E-state index contributed by atoms with van der Waals surface area (Å²) in [7, 11) is 0. The lowest BCUT2D eigenvalue weighted by atomic mass is 9.88. The Bertz CT molecular complexity index is 403. The molecule has 1 saturated carbocycles. The smallest absolute Gasteiger partial charge is 0.249 e. The van der Waals surface area contributed by atoms with Crippen LogP contribution in [0.1, 0.15) is 52.4 Å². The predicted molar refractivity (Wildman–Crippen MR) is 83.8 cm³/mol. The summed E-state index contributed by atoms with van der Waals surface area (Å²) in [6.45, 7) is 6.66. The van der Waals surface area contributed by atoms with Crippen molar-refractivity contribution < 1.29 is 9.59 Å². The van der Waals surface area contributed by atoms with E-state index in [-0.39, 0.29) is 11.8 Å². The summed E-state index contributed by atoms with van der Waals surface area (Å²) >= 11 is 0. The molecule has 1 saturated heterocycles. The van der Waals surface area contributed by atoms with Gasteiger partial charge in [-0.2, -0.15) is 0 Å². The van der Waals surface area contributed by atoms with Crippen LogP contribution in [0.15, 0.2) is 11.6 Å². The van der Waals surface area contributed by atoms with Crippen molar-refractivity contribution >= 4 is 11.8 Å². The van der Waals surface area contributed by atoms with Crippen LogP contribution in [0.3, 0.4) is 0 Å². The molecule has 4 heteroatoms. The zero-order valence-electron chi connectivity index (χ0n) is 13.4. The maximum Gasteiger partial charge on any atom is 0.249 e. The highest BCUT2D eigenvalue weighted by Gasteiger charge is 2.29. The summed E-state index contributed by atoms with van der Waals surface area (Å²) in [6.07, 6.45) is 8.62. The van der Waals surface area contributed by atoms with Gasteiger partial charge in [-0.05, 0) is 26.2 Å². The van der Waals surface area contributed by atoms with E-state index in [0.717, 1.165) is 24.8 Å². The molecule has 2 rings (SSSR count). The summed E-state index contributed by atoms with van der Waals surface area (Å²) in [5.74, 6) is 0.687. The molecule has 2 amide bonds. The zero-order valence-corrected chi connectivity index (χ0v) is 13.4. The summed E-state index contributed by atoms with van der Waals surface area (Å²) < 4.78 is 0. The van der Waals surface area contributed by atoms with Gasteiger partial charge in [-0.15, -0.1) is 0 Å². The zero-order chi connectivity index (χ0) is 15.2. The molecule has 2 aliphatic rings. The average molecular weight is 292 g/mol. The number of allylic oxidation sites excluding steroid dienone is 1. The van der Waals surface area contributed by atoms with Crippen LogP contribution in [-0.2, 0) is 9.59 Å². The third kappa shape index (κ3) is 4.08. The lowest BCUT2D eigenvalue weighted by molar-refractivity contribution is -0.141. The standard InChI is InChI=1S/C17H28N2O2/c1-3-7-14(2)16(20)18-10-12-19(13-11-18)17(21)15-8-5-4-6-9-15/h7,15H,3-6,8-13H2,1-2H3/b14-7+. The van der Waals surface area contributed by atoms with E-state index in [2.05, 4.69) is 0 Å². The van der Waals surface area contributed by atoms with E-state index in [0.29, 0.717) is 32.1 Å². The van der Waals surface area contributed by atoms with Gasteiger partial charge in [-0.3, -0.25) is 9.59 Å². The molecule has 21 heavy (non-hydrogen) atoms. The van der Waals surface area contributed by atoms with Gasteiger partial charge in [0.2, 0.25) is 11.8 Å². The Kier molecular flexibility index (Phi) is 5.83. The number of hydrogen-bond donors (Lipinski definition) is 0. The molecule has 0 N–H and O–H groups in total. The maximum atomic E-state index is 12.5. The van der Waals surface area contributed by atoms with E-state index >= 15 is 0 Å². The maximum absolute atomic E-state index is 12.5. The fourth-order valence-corrected chi connectivity index (χ4v) is 3.38. The van der Waals surface area contributed by atoms with Gasteiger partial charge >= 0.3 is 0 Å². The minimum absolute atomic E-state index is 0.126. The number of amides is 2. The summed E-state index contributed by atoms with van der Waals surface area (Å²) in [4.78, 5) is 28.5. The number of carbonyl (C=O) groups excluding carboxylic acids is 2. The first-order valence-electron chi connectivity index (χ1n) is 8.38. The molecule has 1 aliphatic heterocycles. The van der Waals surface area contributed by atoms with Gasteiger partial charge < -0.3 is 9.80 Å². The Labute approximate surface area is 128 Å². The van der Waals surface area contributed by atoms with Crippen molar-refractivity contribution in [1.82, 2.24) is 9.80 Å². The first kappa shape index (κ1) is 16.1. The van der Waals surface area contributed by atoms with Crippen LogP contribution in [0.25, 0.3) is 0 Å². The molecule has 1 heterocycles. The predicted octanol–water partition coefficient (Wildman–Crippen LogP) is 2.59. The largest absolute Gasteiger partial charge is 0.339 e. The van der Waals surface area contributed by atoms with Crippen molar-refractivity contribution in [3.63, 3.8) is 0 Å². The van der Waals surface area contributed by atoms with E-state index in [1.807, 2.05) is 29.7 Å². The molecule has 0 spiro atoms. The molecule has 0 unspecified atom stereocenters. The van der Waals surface area contributed by atoms with E-state index in [1.54, 1.807) is 0 Å². The number of hydrogen-bond acceptors (Lipinski definition) is 2. The lowest BCUT2D eigenvalue weighted by Gasteiger charge is -2.37. The van der Waals surface area contributed by atoms with E-state index < -0.39 is 0 Å². The van der Waals surface area contributed by atoms with Crippen LogP contribution in [0.5, 0.6) is 0 Å². The highest BCUT2D eigenvalue weighted by molar-refractivity contribution is 5.93. The Hall–Kier alpha value is -1.32. The average Bonchev–Trinajstić information content (AvgIpc) is 2.54. The van der Waals surface area contributed by atoms with Gasteiger partial charge in [-0.1, -0.05) is 32.3 Å². The lowest BCUT2D eigenvalue weighted by Crippen LogP contribution is -2.52. The highest BCUT2D eigenvalue weighted by atomic mass is 16.2. The molecule has 4 nitrogen and oxygen atoms in total. The van der Waals surface area contributed by atoms with E-state index in [9.17, 15) is 9.59 Å². The second-order valence-corrected chi connectivity index (χ2v) is 6.25. The van der Waals surface area contributed by atoms with Gasteiger partial charge in [0.1, 0.15) is 0 Å². The minimum atomic E-state index is 0.126. The molecule has 0 bridgehead atoms. The number of carbonyl (C=O) groups is 2. The third-order valence-corrected chi connectivity index (χ3v) is 4.68. The van der Waals surface area contributed by atoms with Crippen LogP contribution < -0.4 is 0 Å². The van der Waals surface area contributed by atoms with Gasteiger partial charge in [-0.25, -0.2) is 0 Å². The van der Waals surface area contributed by atoms with Gasteiger partial charge in [0.15, 0.2) is 0 Å². The van der Waals surface area contributed by atoms with Gasteiger partial charge in [0.25, 0.3) is 0 Å². The Morgan fingerprint density at radius 1 is 1.00 bits per heavy atom. The van der Waals surface area contributed by atoms with Gasteiger partial charge in [0.05, 0.1) is 0 Å². The van der Waals surface area contributed by atoms with Crippen molar-refractivity contribution in [1.29, 1.82) is 0 Å². The Morgan fingerprint density at radius 3 is 2.14 bits per heavy atom. The quantitative estimate of drug-likeness (QED) is 0.750. The number of rotatable bonds is 3. The molecule has 0 radical (unpaired) electrons. The second-order valence-electron chi connectivity index (χ2n) is 6.25. The SMILES string of the molecule is CC/C=C(\C)C(=O)N1CCN(C(=O)C2CCCCC2)CC1. The van der Waals surface area contributed by atoms with Crippen LogP contribution in [0, 0.1) is 5.92 Å². The topological polar surface area (TPSA) is 40.6 Å². The molecular weight excluding hydrogens is 264 g/mol. The minimum Gasteiger partial charge on any atom is -0.339 e. The van der Waals surface area contributed by atoms with Crippen molar-refractivity contribution in [2.45, 2.75) is 52.4 Å². The summed E-state index contributed by atoms with van der Waals surface area (Å²) in [6, 6.07) is 0. The summed E-state index contributed by atoms with van der Waals surface area (Å²) in [5.41, 5.74) is 0.824. The van der Waals surface area contributed by atoms with Crippen LogP contribution >= 0.6 is 0 Å². The Balaban J connectivity index is 1.84. The molecular formula is C17H28N2O2. The van der Waals surface area contributed by atoms with Crippen LogP contribution in [-0.4, -0.2) is 47.8 Å². The molecule has 118 valence electrons. The third-order valence-electron chi connectivity index (χ3n) is 4.68.